The number of imide groups is 1. The fourth-order valence-electron chi connectivity index (χ4n) is 2.58. The molecule has 2 fully saturated rings. The number of nitrogens with one attached hydrogen (secondary N) is 2. The Labute approximate surface area is 109 Å². The summed E-state index contributed by atoms with van der Waals surface area (Å²) in [7, 11) is 0. The van der Waals surface area contributed by atoms with Crippen LogP contribution in [0.3, 0.4) is 0 Å². The van der Waals surface area contributed by atoms with E-state index in [0.29, 0.717) is 13.1 Å². The SMILES string of the molecule is O=C1NC2(CCCNC2)C(=O)N1Cc1ccsc1. The maximum absolute atomic E-state index is 12.4. The Morgan fingerprint density at radius 2 is 2.33 bits per heavy atom. The van der Waals surface area contributed by atoms with E-state index in [2.05, 4.69) is 10.6 Å². The predicted molar refractivity (Wildman–Crippen MR) is 68.2 cm³/mol. The molecule has 0 bridgehead atoms. The van der Waals surface area contributed by atoms with Gasteiger partial charge in [-0.3, -0.25) is 9.69 Å². The van der Waals surface area contributed by atoms with E-state index >= 15 is 0 Å². The lowest BCUT2D eigenvalue weighted by Gasteiger charge is -2.31. The van der Waals surface area contributed by atoms with Crippen LogP contribution in [-0.4, -0.2) is 35.5 Å². The second kappa shape index (κ2) is 4.37. The molecule has 0 aromatic carbocycles. The number of carbonyl (C=O) groups is 2. The largest absolute Gasteiger partial charge is 0.325 e. The molecule has 6 heteroatoms. The Balaban J connectivity index is 1.80. The zero-order chi connectivity index (χ0) is 12.6. The van der Waals surface area contributed by atoms with Crippen LogP contribution >= 0.6 is 11.3 Å². The van der Waals surface area contributed by atoms with E-state index in [1.165, 1.54) is 4.90 Å². The van der Waals surface area contributed by atoms with Gasteiger partial charge >= 0.3 is 6.03 Å². The third-order valence-electron chi connectivity index (χ3n) is 3.55. The summed E-state index contributed by atoms with van der Waals surface area (Å²) < 4.78 is 0. The number of amides is 3. The van der Waals surface area contributed by atoms with E-state index in [9.17, 15) is 9.59 Å². The van der Waals surface area contributed by atoms with Gasteiger partial charge in [0.05, 0.1) is 6.54 Å². The first-order valence-electron chi connectivity index (χ1n) is 6.07. The van der Waals surface area contributed by atoms with Gasteiger partial charge in [0.2, 0.25) is 0 Å². The molecule has 2 aliphatic rings. The Morgan fingerprint density at radius 3 is 3.00 bits per heavy atom. The molecule has 3 heterocycles. The summed E-state index contributed by atoms with van der Waals surface area (Å²) in [5.74, 6) is -0.0918. The van der Waals surface area contributed by atoms with Gasteiger partial charge in [-0.15, -0.1) is 0 Å². The van der Waals surface area contributed by atoms with E-state index in [1.807, 2.05) is 16.8 Å². The first-order chi connectivity index (χ1) is 8.71. The predicted octanol–water partition coefficient (Wildman–Crippen LogP) is 0.922. The van der Waals surface area contributed by atoms with Gasteiger partial charge in [-0.1, -0.05) is 0 Å². The Bertz CT molecular complexity index is 466. The van der Waals surface area contributed by atoms with E-state index in [1.54, 1.807) is 11.3 Å². The molecule has 2 N–H and O–H groups in total. The summed E-state index contributed by atoms with van der Waals surface area (Å²) in [6, 6.07) is 1.67. The van der Waals surface area contributed by atoms with Crippen LogP contribution in [0.5, 0.6) is 0 Å². The number of rotatable bonds is 2. The quantitative estimate of drug-likeness (QED) is 0.782. The van der Waals surface area contributed by atoms with E-state index < -0.39 is 5.54 Å². The van der Waals surface area contributed by atoms with E-state index in [0.717, 1.165) is 24.9 Å². The minimum absolute atomic E-state index is 0.0918. The summed E-state index contributed by atoms with van der Waals surface area (Å²) >= 11 is 1.57. The lowest BCUT2D eigenvalue weighted by Crippen LogP contribution is -2.57. The topological polar surface area (TPSA) is 61.4 Å². The molecule has 0 saturated carbocycles. The fourth-order valence-corrected chi connectivity index (χ4v) is 3.24. The van der Waals surface area contributed by atoms with Crippen molar-refractivity contribution < 1.29 is 9.59 Å². The van der Waals surface area contributed by atoms with Crippen LogP contribution in [0, 0.1) is 0 Å². The third-order valence-corrected chi connectivity index (χ3v) is 4.28. The molecule has 2 aliphatic heterocycles. The molecule has 3 amide bonds. The number of piperidine rings is 1. The fraction of sp³-hybridized carbons (Fsp3) is 0.500. The number of nitrogens with zero attached hydrogens (tertiary/aromatic N) is 1. The molecular weight excluding hydrogens is 250 g/mol. The Kier molecular flexibility index (Phi) is 2.83. The summed E-state index contributed by atoms with van der Waals surface area (Å²) in [4.78, 5) is 25.7. The number of hydrogen-bond donors (Lipinski definition) is 2. The second-order valence-electron chi connectivity index (χ2n) is 4.82. The summed E-state index contributed by atoms with van der Waals surface area (Å²) in [6.45, 7) is 1.82. The first kappa shape index (κ1) is 11.7. The van der Waals surface area contributed by atoms with Crippen molar-refractivity contribution in [1.82, 2.24) is 15.5 Å². The molecule has 3 rings (SSSR count). The second-order valence-corrected chi connectivity index (χ2v) is 5.60. The molecule has 2 saturated heterocycles. The van der Waals surface area contributed by atoms with Gasteiger partial charge in [-0.25, -0.2) is 4.79 Å². The Hall–Kier alpha value is -1.40. The average Bonchev–Trinajstić information content (AvgIpc) is 2.95. The van der Waals surface area contributed by atoms with Gasteiger partial charge in [0.15, 0.2) is 0 Å². The molecule has 0 radical (unpaired) electrons. The maximum atomic E-state index is 12.4. The third kappa shape index (κ3) is 1.81. The molecule has 0 aliphatic carbocycles. The highest BCUT2D eigenvalue weighted by molar-refractivity contribution is 7.07. The van der Waals surface area contributed by atoms with Gasteiger partial charge in [-0.05, 0) is 41.8 Å². The van der Waals surface area contributed by atoms with Crippen LogP contribution < -0.4 is 10.6 Å². The molecule has 1 aromatic heterocycles. The molecular formula is C12H15N3O2S. The van der Waals surface area contributed by atoms with Crippen LogP contribution in [0.2, 0.25) is 0 Å². The molecule has 5 nitrogen and oxygen atoms in total. The molecule has 1 aromatic rings. The lowest BCUT2D eigenvalue weighted by molar-refractivity contribution is -0.132. The lowest BCUT2D eigenvalue weighted by atomic mass is 9.90. The van der Waals surface area contributed by atoms with Crippen molar-refractivity contribution >= 4 is 23.3 Å². The number of carbonyl (C=O) groups excluding carboxylic acids is 2. The standard InChI is InChI=1S/C12H15N3O2S/c16-10-12(3-1-4-13-8-12)14-11(17)15(10)6-9-2-5-18-7-9/h2,5,7,13H,1,3-4,6,8H2,(H,14,17). The molecule has 1 unspecified atom stereocenters. The summed E-state index contributed by atoms with van der Waals surface area (Å²) in [5, 5.41) is 9.96. The number of thiophene rings is 1. The molecule has 1 atom stereocenters. The van der Waals surface area contributed by atoms with Crippen LogP contribution in [-0.2, 0) is 11.3 Å². The van der Waals surface area contributed by atoms with E-state index in [4.69, 9.17) is 0 Å². The number of urea groups is 1. The smallest absolute Gasteiger partial charge is 0.322 e. The monoisotopic (exact) mass is 265 g/mol. The molecule has 18 heavy (non-hydrogen) atoms. The minimum Gasteiger partial charge on any atom is -0.322 e. The van der Waals surface area contributed by atoms with Crippen LogP contribution in [0.1, 0.15) is 18.4 Å². The molecule has 96 valence electrons. The van der Waals surface area contributed by atoms with Crippen molar-refractivity contribution in [3.63, 3.8) is 0 Å². The normalized spacial score (nSPS) is 27.9. The van der Waals surface area contributed by atoms with Gasteiger partial charge in [0.25, 0.3) is 5.91 Å². The van der Waals surface area contributed by atoms with Crippen LogP contribution in [0.15, 0.2) is 16.8 Å². The highest BCUT2D eigenvalue weighted by Gasteiger charge is 2.51. The van der Waals surface area contributed by atoms with Crippen LogP contribution in [0.4, 0.5) is 4.79 Å². The van der Waals surface area contributed by atoms with Crippen molar-refractivity contribution in [2.24, 2.45) is 0 Å². The minimum atomic E-state index is -0.703. The Morgan fingerprint density at radius 1 is 1.44 bits per heavy atom. The van der Waals surface area contributed by atoms with Gasteiger partial charge in [0.1, 0.15) is 5.54 Å². The van der Waals surface area contributed by atoms with Gasteiger partial charge in [-0.2, -0.15) is 11.3 Å². The zero-order valence-corrected chi connectivity index (χ0v) is 10.8. The van der Waals surface area contributed by atoms with Crippen molar-refractivity contribution in [1.29, 1.82) is 0 Å². The average molecular weight is 265 g/mol. The van der Waals surface area contributed by atoms with Crippen LogP contribution in [0.25, 0.3) is 0 Å². The van der Waals surface area contributed by atoms with Crippen molar-refractivity contribution in [2.45, 2.75) is 24.9 Å². The van der Waals surface area contributed by atoms with Gasteiger partial charge in [0, 0.05) is 6.54 Å². The van der Waals surface area contributed by atoms with Gasteiger partial charge < -0.3 is 10.6 Å². The van der Waals surface area contributed by atoms with Crippen molar-refractivity contribution in [3.05, 3.63) is 22.4 Å². The maximum Gasteiger partial charge on any atom is 0.325 e. The number of hydrogen-bond acceptors (Lipinski definition) is 4. The first-order valence-corrected chi connectivity index (χ1v) is 7.01. The summed E-state index contributed by atoms with van der Waals surface area (Å²) in [6.07, 6.45) is 1.64. The highest BCUT2D eigenvalue weighted by atomic mass is 32.1. The summed E-state index contributed by atoms with van der Waals surface area (Å²) in [5.41, 5.74) is 0.301. The highest BCUT2D eigenvalue weighted by Crippen LogP contribution is 2.26. The molecule has 1 spiro atoms. The van der Waals surface area contributed by atoms with Crippen molar-refractivity contribution in [2.75, 3.05) is 13.1 Å². The van der Waals surface area contributed by atoms with E-state index in [-0.39, 0.29) is 11.9 Å². The zero-order valence-electron chi connectivity index (χ0n) is 9.94. The van der Waals surface area contributed by atoms with Crippen molar-refractivity contribution in [3.8, 4) is 0 Å².